The molecule has 0 saturated heterocycles. The van der Waals surface area contributed by atoms with E-state index in [1.807, 2.05) is 12.1 Å². The first-order valence-electron chi connectivity index (χ1n) is 8.35. The molecule has 0 bridgehead atoms. The standard InChI is InChI=1S/C19H18ClN3O4/c1-27-19(26)12-2-3-15(20)16(8-12)23-18(25)14-9-13(14)17(24)22-10-11-4-6-21-7-5-11/h2-8,13-14H,9-10H2,1H3,(H,22,24)(H,23,25). The Morgan fingerprint density at radius 2 is 1.85 bits per heavy atom. The Balaban J connectivity index is 1.55. The molecule has 0 radical (unpaired) electrons. The van der Waals surface area contributed by atoms with E-state index in [1.165, 1.54) is 25.3 Å². The number of amides is 2. The maximum absolute atomic E-state index is 12.4. The topological polar surface area (TPSA) is 97.4 Å². The lowest BCUT2D eigenvalue weighted by Crippen LogP contribution is -2.27. The lowest BCUT2D eigenvalue weighted by Gasteiger charge is -2.09. The summed E-state index contributed by atoms with van der Waals surface area (Å²) < 4.78 is 4.66. The third-order valence-corrected chi connectivity index (χ3v) is 4.65. The highest BCUT2D eigenvalue weighted by Gasteiger charge is 2.48. The molecule has 2 atom stereocenters. The number of carbonyl (C=O) groups excluding carboxylic acids is 3. The van der Waals surface area contributed by atoms with Crippen molar-refractivity contribution in [3.63, 3.8) is 0 Å². The number of hydrogen-bond acceptors (Lipinski definition) is 5. The van der Waals surface area contributed by atoms with Crippen molar-refractivity contribution in [3.8, 4) is 0 Å². The van der Waals surface area contributed by atoms with Gasteiger partial charge in [-0.05, 0) is 42.3 Å². The van der Waals surface area contributed by atoms with Crippen LogP contribution in [0.25, 0.3) is 0 Å². The molecule has 1 aromatic carbocycles. The summed E-state index contributed by atoms with van der Waals surface area (Å²) in [6.07, 6.45) is 3.78. The van der Waals surface area contributed by atoms with Crippen molar-refractivity contribution in [1.29, 1.82) is 0 Å². The third-order valence-electron chi connectivity index (χ3n) is 4.33. The Morgan fingerprint density at radius 3 is 2.56 bits per heavy atom. The van der Waals surface area contributed by atoms with Crippen LogP contribution in [0.5, 0.6) is 0 Å². The van der Waals surface area contributed by atoms with E-state index in [-0.39, 0.29) is 23.3 Å². The molecule has 1 aromatic heterocycles. The maximum atomic E-state index is 12.4. The second kappa shape index (κ2) is 8.18. The lowest BCUT2D eigenvalue weighted by atomic mass is 10.2. The predicted molar refractivity (Wildman–Crippen MR) is 99.1 cm³/mol. The van der Waals surface area contributed by atoms with Crippen LogP contribution in [0.2, 0.25) is 5.02 Å². The SMILES string of the molecule is COC(=O)c1ccc(Cl)c(NC(=O)C2CC2C(=O)NCc2ccncc2)c1. The van der Waals surface area contributed by atoms with Crippen molar-refractivity contribution in [2.24, 2.45) is 11.8 Å². The van der Waals surface area contributed by atoms with Crippen LogP contribution in [0.1, 0.15) is 22.3 Å². The molecule has 8 heteroatoms. The minimum Gasteiger partial charge on any atom is -0.465 e. The Kier molecular flexibility index (Phi) is 5.71. The molecular weight excluding hydrogens is 370 g/mol. The maximum Gasteiger partial charge on any atom is 0.337 e. The summed E-state index contributed by atoms with van der Waals surface area (Å²) in [6.45, 7) is 0.388. The van der Waals surface area contributed by atoms with E-state index in [9.17, 15) is 14.4 Å². The minimum atomic E-state index is -0.526. The van der Waals surface area contributed by atoms with E-state index in [0.717, 1.165) is 5.56 Å². The highest BCUT2D eigenvalue weighted by Crippen LogP contribution is 2.40. The van der Waals surface area contributed by atoms with Gasteiger partial charge < -0.3 is 15.4 Å². The van der Waals surface area contributed by atoms with E-state index < -0.39 is 11.9 Å². The Hall–Kier alpha value is -2.93. The summed E-state index contributed by atoms with van der Waals surface area (Å²) in [5.74, 6) is -1.78. The van der Waals surface area contributed by atoms with Crippen LogP contribution in [0.15, 0.2) is 42.7 Å². The molecule has 7 nitrogen and oxygen atoms in total. The van der Waals surface area contributed by atoms with Gasteiger partial charge in [-0.25, -0.2) is 4.79 Å². The second-order valence-corrected chi connectivity index (χ2v) is 6.60. The number of anilines is 1. The number of rotatable bonds is 6. The zero-order valence-electron chi connectivity index (χ0n) is 14.6. The van der Waals surface area contributed by atoms with Gasteiger partial charge in [0, 0.05) is 18.9 Å². The van der Waals surface area contributed by atoms with Gasteiger partial charge in [0.2, 0.25) is 11.8 Å². The lowest BCUT2D eigenvalue weighted by molar-refractivity contribution is -0.125. The fraction of sp³-hybridized carbons (Fsp3) is 0.263. The number of hydrogen-bond donors (Lipinski definition) is 2. The fourth-order valence-corrected chi connectivity index (χ4v) is 2.85. The summed E-state index contributed by atoms with van der Waals surface area (Å²) >= 11 is 6.08. The van der Waals surface area contributed by atoms with E-state index in [4.69, 9.17) is 11.6 Å². The first-order chi connectivity index (χ1) is 13.0. The molecule has 0 aliphatic heterocycles. The molecular formula is C19H18ClN3O4. The number of nitrogens with zero attached hydrogens (tertiary/aromatic N) is 1. The van der Waals surface area contributed by atoms with Gasteiger partial charge in [-0.15, -0.1) is 0 Å². The third kappa shape index (κ3) is 4.62. The first-order valence-corrected chi connectivity index (χ1v) is 8.72. The quantitative estimate of drug-likeness (QED) is 0.742. The molecule has 1 fully saturated rings. The second-order valence-electron chi connectivity index (χ2n) is 6.20. The summed E-state index contributed by atoms with van der Waals surface area (Å²) in [7, 11) is 1.27. The van der Waals surface area contributed by atoms with Gasteiger partial charge in [-0.3, -0.25) is 14.6 Å². The van der Waals surface area contributed by atoms with Gasteiger partial charge in [0.05, 0.1) is 35.2 Å². The van der Waals surface area contributed by atoms with Crippen LogP contribution >= 0.6 is 11.6 Å². The molecule has 0 spiro atoms. The number of methoxy groups -OCH3 is 1. The molecule has 2 aromatic rings. The van der Waals surface area contributed by atoms with Crippen LogP contribution in [0.3, 0.4) is 0 Å². The molecule has 140 valence electrons. The van der Waals surface area contributed by atoms with Gasteiger partial charge in [0.15, 0.2) is 0 Å². The molecule has 1 aliphatic carbocycles. The Bertz CT molecular complexity index is 873. The number of nitrogens with one attached hydrogen (secondary N) is 2. The largest absolute Gasteiger partial charge is 0.465 e. The van der Waals surface area contributed by atoms with Crippen molar-refractivity contribution >= 4 is 35.1 Å². The summed E-state index contributed by atoms with van der Waals surface area (Å²) in [4.78, 5) is 40.1. The van der Waals surface area contributed by atoms with E-state index in [0.29, 0.717) is 23.7 Å². The number of carbonyl (C=O) groups is 3. The van der Waals surface area contributed by atoms with Crippen molar-refractivity contribution < 1.29 is 19.1 Å². The summed E-state index contributed by atoms with van der Waals surface area (Å²) in [6, 6.07) is 8.10. The number of pyridine rings is 1. The van der Waals surface area contributed by atoms with Gasteiger partial charge in [0.25, 0.3) is 0 Å². The Labute approximate surface area is 161 Å². The van der Waals surface area contributed by atoms with Crippen molar-refractivity contribution in [2.75, 3.05) is 12.4 Å². The van der Waals surface area contributed by atoms with Gasteiger partial charge in [-0.2, -0.15) is 0 Å². The number of esters is 1. The number of benzene rings is 1. The minimum absolute atomic E-state index is 0.165. The van der Waals surface area contributed by atoms with Crippen LogP contribution in [0, 0.1) is 11.8 Å². The first kappa shape index (κ1) is 18.8. The molecule has 2 unspecified atom stereocenters. The summed E-state index contributed by atoms with van der Waals surface area (Å²) in [5.41, 5.74) is 1.53. The molecule has 3 rings (SSSR count). The number of halogens is 1. The molecule has 2 amide bonds. The molecule has 1 aliphatic rings. The molecule has 27 heavy (non-hydrogen) atoms. The van der Waals surface area contributed by atoms with Crippen LogP contribution in [0.4, 0.5) is 5.69 Å². The van der Waals surface area contributed by atoms with Crippen molar-refractivity contribution in [2.45, 2.75) is 13.0 Å². The van der Waals surface area contributed by atoms with Gasteiger partial charge >= 0.3 is 5.97 Å². The van der Waals surface area contributed by atoms with Gasteiger partial charge in [0.1, 0.15) is 0 Å². The zero-order valence-corrected chi connectivity index (χ0v) is 15.3. The highest BCUT2D eigenvalue weighted by molar-refractivity contribution is 6.34. The number of aromatic nitrogens is 1. The molecule has 1 heterocycles. The van der Waals surface area contributed by atoms with Crippen LogP contribution < -0.4 is 10.6 Å². The summed E-state index contributed by atoms with van der Waals surface area (Å²) in [5, 5.41) is 5.80. The average molecular weight is 388 g/mol. The van der Waals surface area contributed by atoms with E-state index in [2.05, 4.69) is 20.4 Å². The molecule has 2 N–H and O–H groups in total. The van der Waals surface area contributed by atoms with Gasteiger partial charge in [-0.1, -0.05) is 11.6 Å². The predicted octanol–water partition coefficient (Wildman–Crippen LogP) is 2.41. The highest BCUT2D eigenvalue weighted by atomic mass is 35.5. The van der Waals surface area contributed by atoms with Crippen molar-refractivity contribution in [1.82, 2.24) is 10.3 Å². The monoisotopic (exact) mass is 387 g/mol. The average Bonchev–Trinajstić information content (AvgIpc) is 3.49. The number of ether oxygens (including phenoxy) is 1. The van der Waals surface area contributed by atoms with Crippen molar-refractivity contribution in [3.05, 3.63) is 58.9 Å². The molecule has 1 saturated carbocycles. The smallest absolute Gasteiger partial charge is 0.337 e. The van der Waals surface area contributed by atoms with Crippen LogP contribution in [-0.2, 0) is 20.9 Å². The fourth-order valence-electron chi connectivity index (χ4n) is 2.69. The van der Waals surface area contributed by atoms with E-state index in [1.54, 1.807) is 12.4 Å². The zero-order chi connectivity index (χ0) is 19.4. The van der Waals surface area contributed by atoms with Crippen LogP contribution in [-0.4, -0.2) is 29.9 Å². The normalized spacial score (nSPS) is 17.7. The Morgan fingerprint density at radius 1 is 1.15 bits per heavy atom. The van der Waals surface area contributed by atoms with E-state index >= 15 is 0 Å².